The lowest BCUT2D eigenvalue weighted by atomic mass is 10.1. The summed E-state index contributed by atoms with van der Waals surface area (Å²) in [7, 11) is 1.43. The van der Waals surface area contributed by atoms with Crippen LogP contribution in [0.15, 0.2) is 40.4 Å². The second-order valence-corrected chi connectivity index (χ2v) is 6.34. The van der Waals surface area contributed by atoms with Crippen LogP contribution < -0.4 is 10.1 Å². The van der Waals surface area contributed by atoms with Crippen molar-refractivity contribution >= 4 is 33.6 Å². The van der Waals surface area contributed by atoms with Gasteiger partial charge < -0.3 is 15.2 Å². The zero-order chi connectivity index (χ0) is 18.6. The van der Waals surface area contributed by atoms with Crippen molar-refractivity contribution in [1.82, 2.24) is 0 Å². The molecule has 5 nitrogen and oxygen atoms in total. The molecule has 2 rings (SSSR count). The molecule has 128 valence electrons. The number of hydrogen-bond acceptors (Lipinski definition) is 4. The zero-order valence-corrected chi connectivity index (χ0v) is 15.6. The molecule has 0 aliphatic heterocycles. The average Bonchev–Trinajstić information content (AvgIpc) is 2.57. The van der Waals surface area contributed by atoms with Gasteiger partial charge in [0.25, 0.3) is 5.91 Å². The molecule has 0 fully saturated rings. The number of nitriles is 1. The van der Waals surface area contributed by atoms with Gasteiger partial charge in [-0.2, -0.15) is 5.26 Å². The Morgan fingerprint density at radius 3 is 2.68 bits per heavy atom. The fourth-order valence-electron chi connectivity index (χ4n) is 2.20. The van der Waals surface area contributed by atoms with E-state index in [1.165, 1.54) is 19.3 Å². The summed E-state index contributed by atoms with van der Waals surface area (Å²) in [6.07, 6.45) is 1.44. The molecular weight excluding hydrogens is 384 g/mol. The number of rotatable bonds is 4. The first-order valence-electron chi connectivity index (χ1n) is 7.42. The molecular formula is C19H17BrN2O3. The Kier molecular flexibility index (Phi) is 5.84. The molecule has 0 aromatic heterocycles. The molecule has 0 aliphatic rings. The Morgan fingerprint density at radius 1 is 1.32 bits per heavy atom. The number of carbonyl (C=O) groups excluding carboxylic acids is 1. The minimum Gasteiger partial charge on any atom is -0.504 e. The third kappa shape index (κ3) is 4.40. The van der Waals surface area contributed by atoms with Gasteiger partial charge in [0.1, 0.15) is 11.6 Å². The van der Waals surface area contributed by atoms with Crippen molar-refractivity contribution in [3.63, 3.8) is 0 Å². The van der Waals surface area contributed by atoms with E-state index >= 15 is 0 Å². The Balaban J connectivity index is 2.36. The van der Waals surface area contributed by atoms with Crippen LogP contribution in [0.25, 0.3) is 6.08 Å². The van der Waals surface area contributed by atoms with Crippen LogP contribution in [0.4, 0.5) is 5.69 Å². The summed E-state index contributed by atoms with van der Waals surface area (Å²) in [5, 5.41) is 21.9. The number of benzene rings is 2. The number of aromatic hydroxyl groups is 1. The first kappa shape index (κ1) is 18.6. The predicted molar refractivity (Wildman–Crippen MR) is 100 cm³/mol. The smallest absolute Gasteiger partial charge is 0.266 e. The van der Waals surface area contributed by atoms with Gasteiger partial charge in [0.15, 0.2) is 11.5 Å². The highest BCUT2D eigenvalue weighted by Gasteiger charge is 2.13. The number of ether oxygens (including phenoxy) is 1. The van der Waals surface area contributed by atoms with E-state index in [-0.39, 0.29) is 17.1 Å². The SMILES string of the molecule is COc1cc(/C=C(\C#N)C(=O)Nc2cc(C)ccc2C)c(Br)cc1O. The van der Waals surface area contributed by atoms with Crippen LogP contribution in [0.3, 0.4) is 0 Å². The Labute approximate surface area is 154 Å². The molecule has 0 atom stereocenters. The second-order valence-electron chi connectivity index (χ2n) is 5.49. The van der Waals surface area contributed by atoms with E-state index in [1.54, 1.807) is 6.07 Å². The number of nitrogens with zero attached hydrogens (tertiary/aromatic N) is 1. The molecule has 0 saturated carbocycles. The van der Waals surface area contributed by atoms with Gasteiger partial charge in [-0.1, -0.05) is 28.1 Å². The molecule has 6 heteroatoms. The minimum atomic E-state index is -0.504. The van der Waals surface area contributed by atoms with Gasteiger partial charge in [-0.05, 0) is 54.8 Å². The van der Waals surface area contributed by atoms with E-state index in [2.05, 4.69) is 21.2 Å². The van der Waals surface area contributed by atoms with Gasteiger partial charge in [-0.15, -0.1) is 0 Å². The maximum absolute atomic E-state index is 12.4. The van der Waals surface area contributed by atoms with E-state index in [0.29, 0.717) is 15.7 Å². The molecule has 0 radical (unpaired) electrons. The topological polar surface area (TPSA) is 82.3 Å². The van der Waals surface area contributed by atoms with Gasteiger partial charge >= 0.3 is 0 Å². The monoisotopic (exact) mass is 400 g/mol. The van der Waals surface area contributed by atoms with Crippen molar-refractivity contribution in [1.29, 1.82) is 5.26 Å². The number of halogens is 1. The van der Waals surface area contributed by atoms with Crippen LogP contribution in [0.1, 0.15) is 16.7 Å². The quantitative estimate of drug-likeness (QED) is 0.590. The molecule has 0 spiro atoms. The third-order valence-electron chi connectivity index (χ3n) is 3.60. The van der Waals surface area contributed by atoms with Crippen molar-refractivity contribution in [3.8, 4) is 17.6 Å². The van der Waals surface area contributed by atoms with Crippen molar-refractivity contribution in [2.75, 3.05) is 12.4 Å². The van der Waals surface area contributed by atoms with Crippen molar-refractivity contribution < 1.29 is 14.6 Å². The molecule has 2 N–H and O–H groups in total. The molecule has 0 heterocycles. The molecule has 0 aliphatic carbocycles. The predicted octanol–water partition coefficient (Wildman–Crippen LogP) is 4.33. The lowest BCUT2D eigenvalue weighted by molar-refractivity contribution is -0.112. The number of methoxy groups -OCH3 is 1. The lowest BCUT2D eigenvalue weighted by Crippen LogP contribution is -2.14. The normalized spacial score (nSPS) is 10.9. The summed E-state index contributed by atoms with van der Waals surface area (Å²) in [5.41, 5.74) is 3.06. The van der Waals surface area contributed by atoms with Gasteiger partial charge in [0, 0.05) is 10.2 Å². The lowest BCUT2D eigenvalue weighted by Gasteiger charge is -2.10. The maximum Gasteiger partial charge on any atom is 0.266 e. The average molecular weight is 401 g/mol. The van der Waals surface area contributed by atoms with E-state index < -0.39 is 5.91 Å². The zero-order valence-electron chi connectivity index (χ0n) is 14.1. The second kappa shape index (κ2) is 7.86. The van der Waals surface area contributed by atoms with Crippen molar-refractivity contribution in [3.05, 3.63) is 57.1 Å². The van der Waals surface area contributed by atoms with Gasteiger partial charge in [-0.3, -0.25) is 4.79 Å². The first-order chi connectivity index (χ1) is 11.8. The van der Waals surface area contributed by atoms with Crippen LogP contribution in [0, 0.1) is 25.2 Å². The van der Waals surface area contributed by atoms with Crippen molar-refractivity contribution in [2.45, 2.75) is 13.8 Å². The number of carbonyl (C=O) groups is 1. The first-order valence-corrected chi connectivity index (χ1v) is 8.22. The van der Waals surface area contributed by atoms with Crippen LogP contribution in [-0.4, -0.2) is 18.1 Å². The number of aryl methyl sites for hydroxylation is 2. The summed E-state index contributed by atoms with van der Waals surface area (Å²) in [6.45, 7) is 3.81. The summed E-state index contributed by atoms with van der Waals surface area (Å²) < 4.78 is 5.60. The highest BCUT2D eigenvalue weighted by molar-refractivity contribution is 9.10. The number of phenolic OH excluding ortho intramolecular Hbond substituents is 1. The summed E-state index contributed by atoms with van der Waals surface area (Å²) in [5.74, 6) is -0.290. The number of anilines is 1. The molecule has 0 saturated heterocycles. The largest absolute Gasteiger partial charge is 0.504 e. The summed E-state index contributed by atoms with van der Waals surface area (Å²) in [6, 6.07) is 10.6. The van der Waals surface area contributed by atoms with Crippen LogP contribution in [0.5, 0.6) is 11.5 Å². The maximum atomic E-state index is 12.4. The summed E-state index contributed by atoms with van der Waals surface area (Å²) in [4.78, 5) is 12.4. The standard InChI is InChI=1S/C19H17BrN2O3/c1-11-4-5-12(2)16(6-11)22-19(24)14(10-21)7-13-8-18(25-3)17(23)9-15(13)20/h4-9,23H,1-3H3,(H,22,24)/b14-7+. The minimum absolute atomic E-state index is 0.0372. The van der Waals surface area contributed by atoms with Gasteiger partial charge in [0.2, 0.25) is 0 Å². The van der Waals surface area contributed by atoms with Crippen molar-refractivity contribution in [2.24, 2.45) is 0 Å². The van der Waals surface area contributed by atoms with E-state index in [4.69, 9.17) is 4.74 Å². The fraction of sp³-hybridized carbons (Fsp3) is 0.158. The molecule has 25 heavy (non-hydrogen) atoms. The fourth-order valence-corrected chi connectivity index (χ4v) is 2.64. The highest BCUT2D eigenvalue weighted by Crippen LogP contribution is 2.33. The molecule has 0 bridgehead atoms. The molecule has 1 amide bonds. The number of amides is 1. The number of nitrogens with one attached hydrogen (secondary N) is 1. The third-order valence-corrected chi connectivity index (χ3v) is 4.29. The van der Waals surface area contributed by atoms with Gasteiger partial charge in [-0.25, -0.2) is 0 Å². The highest BCUT2D eigenvalue weighted by atomic mass is 79.9. The van der Waals surface area contributed by atoms with Crippen LogP contribution in [-0.2, 0) is 4.79 Å². The molecule has 0 unspecified atom stereocenters. The number of phenols is 1. The van der Waals surface area contributed by atoms with E-state index in [0.717, 1.165) is 11.1 Å². The molecule has 2 aromatic carbocycles. The van der Waals surface area contributed by atoms with Crippen LogP contribution in [0.2, 0.25) is 0 Å². The van der Waals surface area contributed by atoms with E-state index in [9.17, 15) is 15.2 Å². The molecule has 2 aromatic rings. The summed E-state index contributed by atoms with van der Waals surface area (Å²) >= 11 is 3.30. The van der Waals surface area contributed by atoms with Gasteiger partial charge in [0.05, 0.1) is 7.11 Å². The number of hydrogen-bond donors (Lipinski definition) is 2. The Hall–Kier alpha value is -2.78. The Morgan fingerprint density at radius 2 is 2.04 bits per heavy atom. The Bertz CT molecular complexity index is 898. The van der Waals surface area contributed by atoms with Crippen LogP contribution >= 0.6 is 15.9 Å². The van der Waals surface area contributed by atoms with E-state index in [1.807, 2.05) is 38.1 Å².